The first-order chi connectivity index (χ1) is 12.5. The summed E-state index contributed by atoms with van der Waals surface area (Å²) in [5.41, 5.74) is -0.238. The van der Waals surface area contributed by atoms with Crippen LogP contribution >= 0.6 is 0 Å². The maximum absolute atomic E-state index is 12.2. The Labute approximate surface area is 148 Å². The molecule has 3 rings (SSSR count). The number of aliphatic hydroxyl groups excluding tert-OH is 2. The van der Waals surface area contributed by atoms with Crippen LogP contribution in [0.25, 0.3) is 0 Å². The Morgan fingerprint density at radius 2 is 2.12 bits per heavy atom. The largest absolute Gasteiger partial charge is 0.497 e. The molecule has 0 spiro atoms. The summed E-state index contributed by atoms with van der Waals surface area (Å²) >= 11 is 0. The molecular weight excluding hydrogens is 342 g/mol. The molecule has 3 atom stereocenters. The fraction of sp³-hybridized carbons (Fsp3) is 0.353. The summed E-state index contributed by atoms with van der Waals surface area (Å²) in [6.07, 6.45) is -0.707. The molecule has 138 valence electrons. The van der Waals surface area contributed by atoms with Gasteiger partial charge in [-0.25, -0.2) is 4.79 Å². The number of nitrogens with zero attached hydrogens (tertiary/aromatic N) is 2. The average Bonchev–Trinajstić information content (AvgIpc) is 3.02. The summed E-state index contributed by atoms with van der Waals surface area (Å²) in [7, 11) is 1.53. The number of amides is 1. The number of carbonyl (C=O) groups excluding carboxylic acids is 1. The van der Waals surface area contributed by atoms with Crippen LogP contribution in [-0.4, -0.2) is 51.6 Å². The van der Waals surface area contributed by atoms with E-state index >= 15 is 0 Å². The number of carbonyl (C=O) groups is 1. The molecule has 0 aliphatic carbocycles. The smallest absolute Gasteiger partial charge is 0.351 e. The highest BCUT2D eigenvalue weighted by molar-refractivity contribution is 6.03. The zero-order valence-electron chi connectivity index (χ0n) is 14.0. The molecule has 3 N–H and O–H groups in total. The Hall–Kier alpha value is -2.75. The first kappa shape index (κ1) is 18.1. The van der Waals surface area contributed by atoms with Crippen molar-refractivity contribution in [2.75, 3.05) is 19.0 Å². The van der Waals surface area contributed by atoms with Crippen molar-refractivity contribution < 1.29 is 24.5 Å². The van der Waals surface area contributed by atoms with Crippen molar-refractivity contribution >= 4 is 11.7 Å². The minimum absolute atomic E-state index is 0.101. The SMILES string of the molecule is COc1ccc(C(=O)Nc2ccn([C@H]3C[C@@H](O)C(CO)O3)c(=O)n2)cc1. The molecule has 0 bridgehead atoms. The van der Waals surface area contributed by atoms with Crippen LogP contribution in [0.15, 0.2) is 41.3 Å². The zero-order chi connectivity index (χ0) is 18.7. The van der Waals surface area contributed by atoms with E-state index in [0.717, 1.165) is 0 Å². The van der Waals surface area contributed by atoms with Gasteiger partial charge in [-0.1, -0.05) is 0 Å². The zero-order valence-corrected chi connectivity index (χ0v) is 14.0. The molecule has 2 aromatic rings. The van der Waals surface area contributed by atoms with Crippen LogP contribution in [0.3, 0.4) is 0 Å². The number of nitrogens with one attached hydrogen (secondary N) is 1. The molecule has 1 aliphatic heterocycles. The third kappa shape index (κ3) is 3.74. The van der Waals surface area contributed by atoms with Crippen molar-refractivity contribution in [3.8, 4) is 5.75 Å². The van der Waals surface area contributed by atoms with Gasteiger partial charge in [0.15, 0.2) is 0 Å². The van der Waals surface area contributed by atoms with Gasteiger partial charge in [0.25, 0.3) is 5.91 Å². The average molecular weight is 361 g/mol. The molecule has 1 aromatic heterocycles. The van der Waals surface area contributed by atoms with Gasteiger partial charge in [-0.15, -0.1) is 0 Å². The lowest BCUT2D eigenvalue weighted by atomic mass is 10.2. The van der Waals surface area contributed by atoms with Crippen molar-refractivity contribution in [1.82, 2.24) is 9.55 Å². The highest BCUT2D eigenvalue weighted by Crippen LogP contribution is 2.27. The highest BCUT2D eigenvalue weighted by Gasteiger charge is 2.34. The monoisotopic (exact) mass is 361 g/mol. The van der Waals surface area contributed by atoms with Crippen LogP contribution in [0.2, 0.25) is 0 Å². The predicted molar refractivity (Wildman–Crippen MR) is 91.1 cm³/mol. The van der Waals surface area contributed by atoms with E-state index in [1.807, 2.05) is 0 Å². The Morgan fingerprint density at radius 1 is 1.38 bits per heavy atom. The Kier molecular flexibility index (Phi) is 5.31. The molecule has 0 radical (unpaired) electrons. The van der Waals surface area contributed by atoms with Crippen LogP contribution in [-0.2, 0) is 4.74 Å². The van der Waals surface area contributed by atoms with Crippen LogP contribution < -0.4 is 15.7 Å². The predicted octanol–water partition coefficient (Wildman–Crippen LogP) is 0.145. The molecule has 1 saturated heterocycles. The van der Waals surface area contributed by atoms with Gasteiger partial charge < -0.3 is 25.0 Å². The quantitative estimate of drug-likeness (QED) is 0.692. The second-order valence-corrected chi connectivity index (χ2v) is 5.80. The van der Waals surface area contributed by atoms with E-state index in [0.29, 0.717) is 11.3 Å². The maximum atomic E-state index is 12.2. The fourth-order valence-corrected chi connectivity index (χ4v) is 2.68. The highest BCUT2D eigenvalue weighted by atomic mass is 16.5. The van der Waals surface area contributed by atoms with Gasteiger partial charge in [-0.2, -0.15) is 4.98 Å². The summed E-state index contributed by atoms with van der Waals surface area (Å²) in [6, 6.07) is 7.96. The number of hydrogen-bond donors (Lipinski definition) is 3. The topological polar surface area (TPSA) is 123 Å². The van der Waals surface area contributed by atoms with E-state index in [2.05, 4.69) is 10.3 Å². The van der Waals surface area contributed by atoms with Gasteiger partial charge in [0.2, 0.25) is 0 Å². The van der Waals surface area contributed by atoms with E-state index in [4.69, 9.17) is 14.6 Å². The van der Waals surface area contributed by atoms with E-state index in [1.165, 1.54) is 23.9 Å². The van der Waals surface area contributed by atoms with Crippen LogP contribution in [0, 0.1) is 0 Å². The summed E-state index contributed by atoms with van der Waals surface area (Å²) in [5, 5.41) is 21.4. The number of anilines is 1. The number of benzene rings is 1. The van der Waals surface area contributed by atoms with Gasteiger partial charge in [0, 0.05) is 18.2 Å². The van der Waals surface area contributed by atoms with E-state index in [9.17, 15) is 14.7 Å². The molecule has 0 saturated carbocycles. The Balaban J connectivity index is 1.71. The van der Waals surface area contributed by atoms with E-state index < -0.39 is 30.0 Å². The van der Waals surface area contributed by atoms with Crippen LogP contribution in [0.1, 0.15) is 23.0 Å². The number of methoxy groups -OCH3 is 1. The van der Waals surface area contributed by atoms with Crippen molar-refractivity contribution in [3.05, 3.63) is 52.6 Å². The molecule has 1 unspecified atom stereocenters. The third-order valence-electron chi connectivity index (χ3n) is 4.12. The van der Waals surface area contributed by atoms with Gasteiger partial charge in [0.1, 0.15) is 23.9 Å². The standard InChI is InChI=1S/C17H19N3O6/c1-25-11-4-2-10(3-5-11)16(23)18-14-6-7-20(17(24)19-14)15-8-12(22)13(9-21)26-15/h2-7,12-13,15,21-22H,8-9H2,1H3,(H,18,19,23,24)/t12-,13?,15-/m1/s1. The summed E-state index contributed by atoms with van der Waals surface area (Å²) in [6.45, 7) is -0.337. The second-order valence-electron chi connectivity index (χ2n) is 5.80. The molecule has 2 heterocycles. The molecule has 1 aromatic carbocycles. The lowest BCUT2D eigenvalue weighted by Gasteiger charge is -2.14. The van der Waals surface area contributed by atoms with Crippen LogP contribution in [0.5, 0.6) is 5.75 Å². The van der Waals surface area contributed by atoms with Crippen LogP contribution in [0.4, 0.5) is 5.82 Å². The number of aliphatic hydroxyl groups is 2. The second kappa shape index (κ2) is 7.65. The molecule has 9 heteroatoms. The summed E-state index contributed by atoms with van der Waals surface area (Å²) in [4.78, 5) is 28.2. The number of ether oxygens (including phenoxy) is 2. The maximum Gasteiger partial charge on any atom is 0.351 e. The van der Waals surface area contributed by atoms with E-state index in [1.54, 1.807) is 24.3 Å². The lowest BCUT2D eigenvalue weighted by molar-refractivity contribution is -0.0458. The first-order valence-corrected chi connectivity index (χ1v) is 8.01. The first-order valence-electron chi connectivity index (χ1n) is 8.01. The molecule has 1 aliphatic rings. The van der Waals surface area contributed by atoms with Gasteiger partial charge in [-0.3, -0.25) is 9.36 Å². The van der Waals surface area contributed by atoms with Crippen molar-refractivity contribution in [2.45, 2.75) is 24.9 Å². The van der Waals surface area contributed by atoms with Crippen molar-refractivity contribution in [3.63, 3.8) is 0 Å². The Morgan fingerprint density at radius 3 is 2.69 bits per heavy atom. The molecule has 1 fully saturated rings. The number of rotatable bonds is 5. The molecular formula is C17H19N3O6. The minimum atomic E-state index is -0.855. The molecule has 26 heavy (non-hydrogen) atoms. The molecule has 1 amide bonds. The van der Waals surface area contributed by atoms with Gasteiger partial charge >= 0.3 is 5.69 Å². The lowest BCUT2D eigenvalue weighted by Crippen LogP contribution is -2.28. The number of hydrogen-bond acceptors (Lipinski definition) is 7. The van der Waals surface area contributed by atoms with Gasteiger partial charge in [-0.05, 0) is 30.3 Å². The van der Waals surface area contributed by atoms with Crippen molar-refractivity contribution in [1.29, 1.82) is 0 Å². The number of aromatic nitrogens is 2. The minimum Gasteiger partial charge on any atom is -0.497 e. The van der Waals surface area contributed by atoms with Crippen molar-refractivity contribution in [2.24, 2.45) is 0 Å². The normalized spacial score (nSPS) is 22.2. The summed E-state index contributed by atoms with van der Waals surface area (Å²) < 4.78 is 11.7. The van der Waals surface area contributed by atoms with Gasteiger partial charge in [0.05, 0.1) is 19.8 Å². The molecule has 9 nitrogen and oxygen atoms in total. The van der Waals surface area contributed by atoms with E-state index in [-0.39, 0.29) is 18.8 Å². The third-order valence-corrected chi connectivity index (χ3v) is 4.12. The Bertz CT molecular complexity index is 835. The summed E-state index contributed by atoms with van der Waals surface area (Å²) in [5.74, 6) is 0.316. The fourth-order valence-electron chi connectivity index (χ4n) is 2.68.